The minimum Gasteiger partial charge on any atom is -0.318 e. The number of anilines is 1. The third kappa shape index (κ3) is 3.41. The highest BCUT2D eigenvalue weighted by Crippen LogP contribution is 2.28. The minimum atomic E-state index is -5.01. The van der Waals surface area contributed by atoms with Gasteiger partial charge in [0.2, 0.25) is 0 Å². The highest BCUT2D eigenvalue weighted by molar-refractivity contribution is 9.10. The van der Waals surface area contributed by atoms with E-state index in [2.05, 4.69) is 15.9 Å². The van der Waals surface area contributed by atoms with Crippen LogP contribution in [0.1, 0.15) is 0 Å². The third-order valence-electron chi connectivity index (χ3n) is 1.66. The lowest BCUT2D eigenvalue weighted by molar-refractivity contribution is -0.385. The molecule has 0 atom stereocenters. The van der Waals surface area contributed by atoms with E-state index >= 15 is 0 Å². The summed E-state index contributed by atoms with van der Waals surface area (Å²) in [5.74, 6) is -2.14. The van der Waals surface area contributed by atoms with Crippen LogP contribution in [-0.4, -0.2) is 17.0 Å². The topological polar surface area (TPSA) is 72.2 Å². The number of nitro benzene ring substituents is 1. The van der Waals surface area contributed by atoms with E-state index in [4.69, 9.17) is 0 Å². The first-order chi connectivity index (χ1) is 7.71. The number of nitrogens with zero attached hydrogens (tertiary/aromatic N) is 1. The Kier molecular flexibility index (Phi) is 3.71. The predicted molar refractivity (Wildman–Crippen MR) is 55.5 cm³/mol. The zero-order chi connectivity index (χ0) is 13.2. The van der Waals surface area contributed by atoms with Crippen LogP contribution >= 0.6 is 15.9 Å². The molecule has 0 aliphatic rings. The fourth-order valence-corrected chi connectivity index (χ4v) is 1.46. The van der Waals surface area contributed by atoms with Crippen molar-refractivity contribution < 1.29 is 22.9 Å². The molecule has 0 aliphatic carbocycles. The van der Waals surface area contributed by atoms with Gasteiger partial charge in [0.15, 0.2) is 0 Å². The molecular weight excluding hydrogens is 309 g/mol. The molecule has 9 heteroatoms. The van der Waals surface area contributed by atoms with Crippen molar-refractivity contribution in [1.29, 1.82) is 0 Å². The average Bonchev–Trinajstić information content (AvgIpc) is 2.15. The first kappa shape index (κ1) is 13.4. The molecule has 0 fully saturated rings. The summed E-state index contributed by atoms with van der Waals surface area (Å²) in [5, 5.41) is 12.0. The number of amides is 1. The van der Waals surface area contributed by atoms with Crippen LogP contribution in [0.15, 0.2) is 22.7 Å². The molecule has 0 aliphatic heterocycles. The lowest BCUT2D eigenvalue weighted by atomic mass is 10.3. The number of hydrogen-bond donors (Lipinski definition) is 1. The number of benzene rings is 1. The second-order valence-corrected chi connectivity index (χ2v) is 3.73. The first-order valence-corrected chi connectivity index (χ1v) is 4.83. The summed E-state index contributed by atoms with van der Waals surface area (Å²) in [5.41, 5.74) is -0.500. The molecule has 0 aromatic heterocycles. The van der Waals surface area contributed by atoms with Crippen molar-refractivity contribution in [2.24, 2.45) is 0 Å². The fourth-order valence-electron chi connectivity index (χ4n) is 0.935. The van der Waals surface area contributed by atoms with Gasteiger partial charge >= 0.3 is 12.1 Å². The molecule has 0 saturated carbocycles. The summed E-state index contributed by atoms with van der Waals surface area (Å²) < 4.78 is 35.7. The molecule has 17 heavy (non-hydrogen) atoms. The van der Waals surface area contributed by atoms with Gasteiger partial charge < -0.3 is 5.32 Å². The van der Waals surface area contributed by atoms with Crippen LogP contribution in [-0.2, 0) is 4.79 Å². The SMILES string of the molecule is O=C(Nc1ccc([N+](=O)[O-])c(Br)c1)C(F)(F)F. The highest BCUT2D eigenvalue weighted by Gasteiger charge is 2.38. The van der Waals surface area contributed by atoms with E-state index in [1.54, 1.807) is 5.32 Å². The van der Waals surface area contributed by atoms with Gasteiger partial charge in [0.05, 0.1) is 9.40 Å². The molecule has 0 spiro atoms. The molecule has 1 aromatic rings. The molecular formula is C8H4BrF3N2O3. The lowest BCUT2D eigenvalue weighted by Gasteiger charge is -2.07. The maximum absolute atomic E-state index is 11.9. The van der Waals surface area contributed by atoms with Crippen molar-refractivity contribution in [2.45, 2.75) is 6.18 Å². The molecule has 92 valence electrons. The van der Waals surface area contributed by atoms with E-state index in [0.717, 1.165) is 18.2 Å². The van der Waals surface area contributed by atoms with Crippen LogP contribution in [0.2, 0.25) is 0 Å². The van der Waals surface area contributed by atoms with E-state index in [1.807, 2.05) is 0 Å². The number of carbonyl (C=O) groups excluding carboxylic acids is 1. The summed E-state index contributed by atoms with van der Waals surface area (Å²) in [7, 11) is 0. The molecule has 0 radical (unpaired) electrons. The van der Waals surface area contributed by atoms with Crippen molar-refractivity contribution in [2.75, 3.05) is 5.32 Å². The second-order valence-electron chi connectivity index (χ2n) is 2.88. The van der Waals surface area contributed by atoms with Gasteiger partial charge in [0.1, 0.15) is 0 Å². The molecule has 5 nitrogen and oxygen atoms in total. The summed E-state index contributed by atoms with van der Waals surface area (Å²) in [6.07, 6.45) is -5.01. The molecule has 0 heterocycles. The van der Waals surface area contributed by atoms with Crippen LogP contribution in [0.25, 0.3) is 0 Å². The van der Waals surface area contributed by atoms with Crippen LogP contribution in [0.3, 0.4) is 0 Å². The van der Waals surface area contributed by atoms with Gasteiger partial charge in [0, 0.05) is 11.8 Å². The number of nitrogens with one attached hydrogen (secondary N) is 1. The van der Waals surface area contributed by atoms with E-state index in [0.29, 0.717) is 0 Å². The Hall–Kier alpha value is -1.64. The standard InChI is InChI=1S/C8H4BrF3N2O3/c9-5-3-4(1-2-6(5)14(16)17)13-7(15)8(10,11)12/h1-3H,(H,13,15). The predicted octanol–water partition coefficient (Wildman–Crippen LogP) is 2.86. The van der Waals surface area contributed by atoms with Gasteiger partial charge in [-0.1, -0.05) is 0 Å². The number of hydrogen-bond acceptors (Lipinski definition) is 3. The number of halogens is 4. The fraction of sp³-hybridized carbons (Fsp3) is 0.125. The first-order valence-electron chi connectivity index (χ1n) is 4.04. The summed E-state index contributed by atoms with van der Waals surface area (Å²) >= 11 is 2.81. The van der Waals surface area contributed by atoms with Crippen LogP contribution in [0.5, 0.6) is 0 Å². The molecule has 1 N–H and O–H groups in total. The molecule has 0 unspecified atom stereocenters. The second kappa shape index (κ2) is 4.70. The minimum absolute atomic E-state index is 0.0255. The monoisotopic (exact) mass is 312 g/mol. The number of nitro groups is 1. The van der Waals surface area contributed by atoms with Gasteiger partial charge in [-0.3, -0.25) is 14.9 Å². The number of carbonyl (C=O) groups is 1. The summed E-state index contributed by atoms with van der Waals surface area (Å²) in [6, 6.07) is 3.00. The molecule has 1 aromatic carbocycles. The lowest BCUT2D eigenvalue weighted by Crippen LogP contribution is -2.29. The van der Waals surface area contributed by atoms with Gasteiger partial charge in [0.25, 0.3) is 5.69 Å². The van der Waals surface area contributed by atoms with Crippen molar-refractivity contribution in [3.8, 4) is 0 Å². The van der Waals surface area contributed by atoms with Crippen molar-refractivity contribution in [1.82, 2.24) is 0 Å². The zero-order valence-electron chi connectivity index (χ0n) is 7.92. The molecule has 1 amide bonds. The van der Waals surface area contributed by atoms with Crippen LogP contribution in [0.4, 0.5) is 24.5 Å². The van der Waals surface area contributed by atoms with Crippen molar-refractivity contribution in [3.63, 3.8) is 0 Å². The third-order valence-corrected chi connectivity index (χ3v) is 2.29. The van der Waals surface area contributed by atoms with Gasteiger partial charge in [-0.2, -0.15) is 13.2 Å². The maximum Gasteiger partial charge on any atom is 0.471 e. The summed E-state index contributed by atoms with van der Waals surface area (Å²) in [4.78, 5) is 20.3. The van der Waals surface area contributed by atoms with Crippen molar-refractivity contribution in [3.05, 3.63) is 32.8 Å². The Balaban J connectivity index is 2.92. The van der Waals surface area contributed by atoms with Crippen molar-refractivity contribution >= 4 is 33.2 Å². The quantitative estimate of drug-likeness (QED) is 0.674. The molecule has 0 bridgehead atoms. The average molecular weight is 313 g/mol. The summed E-state index contributed by atoms with van der Waals surface area (Å²) in [6.45, 7) is 0. The molecule has 0 saturated heterocycles. The number of rotatable bonds is 2. The van der Waals surface area contributed by atoms with E-state index in [9.17, 15) is 28.1 Å². The Morgan fingerprint density at radius 1 is 1.41 bits per heavy atom. The van der Waals surface area contributed by atoms with E-state index in [1.165, 1.54) is 0 Å². The Morgan fingerprint density at radius 2 is 2.00 bits per heavy atom. The number of alkyl halides is 3. The van der Waals surface area contributed by atoms with E-state index in [-0.39, 0.29) is 15.8 Å². The van der Waals surface area contributed by atoms with Crippen LogP contribution < -0.4 is 5.32 Å². The van der Waals surface area contributed by atoms with Gasteiger partial charge in [-0.25, -0.2) is 0 Å². The van der Waals surface area contributed by atoms with Gasteiger partial charge in [-0.15, -0.1) is 0 Å². The van der Waals surface area contributed by atoms with E-state index < -0.39 is 17.0 Å². The zero-order valence-corrected chi connectivity index (χ0v) is 9.50. The highest BCUT2D eigenvalue weighted by atomic mass is 79.9. The smallest absolute Gasteiger partial charge is 0.318 e. The maximum atomic E-state index is 11.9. The normalized spacial score (nSPS) is 11.1. The Bertz CT molecular complexity index is 476. The van der Waals surface area contributed by atoms with Crippen LogP contribution in [0, 0.1) is 10.1 Å². The molecule has 1 rings (SSSR count). The van der Waals surface area contributed by atoms with Gasteiger partial charge in [-0.05, 0) is 28.1 Å². The Labute approximate surface area is 101 Å². The largest absolute Gasteiger partial charge is 0.471 e. The Morgan fingerprint density at radius 3 is 2.41 bits per heavy atom.